The Morgan fingerprint density at radius 1 is 0.966 bits per heavy atom. The van der Waals surface area contributed by atoms with Gasteiger partial charge in [-0.15, -0.1) is 0 Å². The Morgan fingerprint density at radius 3 is 2.17 bits per heavy atom. The average molecular weight is 428 g/mol. The van der Waals surface area contributed by atoms with Crippen LogP contribution in [-0.2, 0) is 16.1 Å². The van der Waals surface area contributed by atoms with E-state index in [2.05, 4.69) is 0 Å². The summed E-state index contributed by atoms with van der Waals surface area (Å²) in [5.41, 5.74) is 1.05. The third kappa shape index (κ3) is 3.67. The summed E-state index contributed by atoms with van der Waals surface area (Å²) in [4.78, 5) is 27.1. The summed E-state index contributed by atoms with van der Waals surface area (Å²) in [6.45, 7) is 0.0856. The van der Waals surface area contributed by atoms with Crippen LogP contribution in [-0.4, -0.2) is 21.7 Å². The SMILES string of the molecule is O=C1C(=O)N(Cc2ccco2)[C@H](c2ccc(Cl)cc2)C1=C(O)c1ccc(Cl)cc1. The summed E-state index contributed by atoms with van der Waals surface area (Å²) in [5.74, 6) is -1.21. The Hall–Kier alpha value is -3.02. The molecule has 1 aromatic heterocycles. The molecule has 0 radical (unpaired) electrons. The number of hydrogen-bond donors (Lipinski definition) is 1. The zero-order valence-electron chi connectivity index (χ0n) is 15.0. The molecule has 2 heterocycles. The zero-order chi connectivity index (χ0) is 20.5. The highest BCUT2D eigenvalue weighted by Gasteiger charge is 2.46. The molecule has 3 aromatic rings. The Bertz CT molecular complexity index is 1090. The smallest absolute Gasteiger partial charge is 0.296 e. The molecule has 1 N–H and O–H groups in total. The molecule has 1 amide bonds. The van der Waals surface area contributed by atoms with Crippen LogP contribution in [0.4, 0.5) is 0 Å². The maximum atomic E-state index is 12.9. The predicted molar refractivity (Wildman–Crippen MR) is 109 cm³/mol. The van der Waals surface area contributed by atoms with Crippen molar-refractivity contribution in [2.75, 3.05) is 0 Å². The highest BCUT2D eigenvalue weighted by molar-refractivity contribution is 6.46. The third-order valence-electron chi connectivity index (χ3n) is 4.75. The number of rotatable bonds is 4. The van der Waals surface area contributed by atoms with Gasteiger partial charge in [0.2, 0.25) is 0 Å². The first-order valence-corrected chi connectivity index (χ1v) is 9.53. The molecular weight excluding hydrogens is 413 g/mol. The van der Waals surface area contributed by atoms with E-state index in [4.69, 9.17) is 27.6 Å². The van der Waals surface area contributed by atoms with Gasteiger partial charge >= 0.3 is 0 Å². The lowest BCUT2D eigenvalue weighted by Gasteiger charge is -2.24. The minimum absolute atomic E-state index is 0.00574. The summed E-state index contributed by atoms with van der Waals surface area (Å²) in [7, 11) is 0. The molecule has 0 bridgehead atoms. The van der Waals surface area contributed by atoms with Crippen molar-refractivity contribution < 1.29 is 19.1 Å². The first-order valence-electron chi connectivity index (χ1n) is 8.78. The summed E-state index contributed by atoms with van der Waals surface area (Å²) < 4.78 is 5.36. The Kier molecular flexibility index (Phi) is 5.18. The van der Waals surface area contributed by atoms with E-state index >= 15 is 0 Å². The van der Waals surface area contributed by atoms with E-state index in [1.807, 2.05) is 0 Å². The molecule has 1 atom stereocenters. The molecule has 0 saturated carbocycles. The van der Waals surface area contributed by atoms with Gasteiger partial charge in [-0.1, -0.05) is 35.3 Å². The predicted octanol–water partition coefficient (Wildman–Crippen LogP) is 5.21. The molecule has 0 unspecified atom stereocenters. The van der Waals surface area contributed by atoms with E-state index in [-0.39, 0.29) is 17.9 Å². The molecule has 1 aliphatic heterocycles. The van der Waals surface area contributed by atoms with Gasteiger partial charge in [-0.2, -0.15) is 0 Å². The number of carbonyl (C=O) groups is 2. The number of aliphatic hydroxyl groups is 1. The number of furan rings is 1. The van der Waals surface area contributed by atoms with Crippen LogP contribution in [0.5, 0.6) is 0 Å². The number of amides is 1. The fraction of sp³-hybridized carbons (Fsp3) is 0.0909. The van der Waals surface area contributed by atoms with Crippen molar-refractivity contribution in [2.45, 2.75) is 12.6 Å². The van der Waals surface area contributed by atoms with E-state index in [9.17, 15) is 14.7 Å². The second kappa shape index (κ2) is 7.78. The highest BCUT2D eigenvalue weighted by Crippen LogP contribution is 2.40. The number of ketones is 1. The van der Waals surface area contributed by atoms with Crippen LogP contribution in [0.2, 0.25) is 10.0 Å². The molecule has 146 valence electrons. The number of halogens is 2. The maximum Gasteiger partial charge on any atom is 0.296 e. The normalized spacial score (nSPS) is 18.4. The van der Waals surface area contributed by atoms with Crippen molar-refractivity contribution in [3.05, 3.63) is 99.4 Å². The molecule has 0 aliphatic carbocycles. The Balaban J connectivity index is 1.86. The maximum absolute atomic E-state index is 12.9. The molecule has 29 heavy (non-hydrogen) atoms. The molecule has 4 rings (SSSR count). The van der Waals surface area contributed by atoms with Gasteiger partial charge in [0.05, 0.1) is 24.4 Å². The quantitative estimate of drug-likeness (QED) is 0.352. The number of aliphatic hydroxyl groups excluding tert-OH is 1. The topological polar surface area (TPSA) is 70.8 Å². The van der Waals surface area contributed by atoms with E-state index in [0.717, 1.165) is 0 Å². The molecule has 1 fully saturated rings. The summed E-state index contributed by atoms with van der Waals surface area (Å²) in [5, 5.41) is 11.9. The van der Waals surface area contributed by atoms with Crippen LogP contribution in [0.25, 0.3) is 5.76 Å². The molecule has 0 spiro atoms. The lowest BCUT2D eigenvalue weighted by atomic mass is 9.95. The van der Waals surface area contributed by atoms with Gasteiger partial charge in [-0.25, -0.2) is 0 Å². The van der Waals surface area contributed by atoms with E-state index < -0.39 is 17.7 Å². The van der Waals surface area contributed by atoms with Crippen LogP contribution >= 0.6 is 23.2 Å². The standard InChI is InChI=1S/C22H15Cl2NO4/c23-15-7-3-13(4-8-15)19-18(20(26)14-5-9-16(24)10-6-14)21(27)22(28)25(19)12-17-2-1-11-29-17/h1-11,19,26H,12H2/t19-/m1/s1. The second-order valence-electron chi connectivity index (χ2n) is 6.56. The summed E-state index contributed by atoms with van der Waals surface area (Å²) in [6.07, 6.45) is 1.50. The molecule has 5 nitrogen and oxygen atoms in total. The first kappa shape index (κ1) is 19.3. The van der Waals surface area contributed by atoms with Crippen LogP contribution in [0, 0.1) is 0 Å². The van der Waals surface area contributed by atoms with E-state index in [1.165, 1.54) is 11.2 Å². The van der Waals surface area contributed by atoms with Gasteiger partial charge in [0.15, 0.2) is 0 Å². The average Bonchev–Trinajstić information content (AvgIpc) is 3.31. The van der Waals surface area contributed by atoms with Gasteiger partial charge in [0.25, 0.3) is 11.7 Å². The molecule has 7 heteroatoms. The van der Waals surface area contributed by atoms with Gasteiger partial charge in [0.1, 0.15) is 11.5 Å². The number of hydrogen-bond acceptors (Lipinski definition) is 4. The van der Waals surface area contributed by atoms with Crippen LogP contribution < -0.4 is 0 Å². The molecule has 2 aromatic carbocycles. The second-order valence-corrected chi connectivity index (χ2v) is 7.44. The number of benzene rings is 2. The van der Waals surface area contributed by atoms with Gasteiger partial charge in [-0.05, 0) is 54.1 Å². The molecule has 1 saturated heterocycles. The minimum atomic E-state index is -0.784. The van der Waals surface area contributed by atoms with Crippen molar-refractivity contribution in [1.29, 1.82) is 0 Å². The molecule has 1 aliphatic rings. The highest BCUT2D eigenvalue weighted by atomic mass is 35.5. The van der Waals surface area contributed by atoms with Crippen molar-refractivity contribution in [3.8, 4) is 0 Å². The fourth-order valence-corrected chi connectivity index (χ4v) is 3.62. The molecular formula is C22H15Cl2NO4. The first-order chi connectivity index (χ1) is 14.0. The third-order valence-corrected chi connectivity index (χ3v) is 5.25. The monoisotopic (exact) mass is 427 g/mol. The van der Waals surface area contributed by atoms with E-state index in [0.29, 0.717) is 26.9 Å². The lowest BCUT2D eigenvalue weighted by molar-refractivity contribution is -0.140. The van der Waals surface area contributed by atoms with Crippen LogP contribution in [0.15, 0.2) is 76.9 Å². The summed E-state index contributed by atoms with van der Waals surface area (Å²) in [6, 6.07) is 15.8. The lowest BCUT2D eigenvalue weighted by Crippen LogP contribution is -2.29. The number of likely N-dealkylation sites (tertiary alicyclic amines) is 1. The van der Waals surface area contributed by atoms with Gasteiger partial charge in [0, 0.05) is 15.6 Å². The number of Topliss-reactive ketones (excluding diaryl/α,β-unsaturated/α-hetero) is 1. The zero-order valence-corrected chi connectivity index (χ0v) is 16.5. The Morgan fingerprint density at radius 2 is 1.59 bits per heavy atom. The van der Waals surface area contributed by atoms with Crippen molar-refractivity contribution in [3.63, 3.8) is 0 Å². The van der Waals surface area contributed by atoms with Gasteiger partial charge < -0.3 is 14.4 Å². The van der Waals surface area contributed by atoms with Crippen LogP contribution in [0.3, 0.4) is 0 Å². The minimum Gasteiger partial charge on any atom is -0.507 e. The van der Waals surface area contributed by atoms with Crippen molar-refractivity contribution >= 4 is 40.7 Å². The van der Waals surface area contributed by atoms with Gasteiger partial charge in [-0.3, -0.25) is 9.59 Å². The number of nitrogens with zero attached hydrogens (tertiary/aromatic N) is 1. The number of carbonyl (C=O) groups excluding carboxylic acids is 2. The van der Waals surface area contributed by atoms with E-state index in [1.54, 1.807) is 60.7 Å². The fourth-order valence-electron chi connectivity index (χ4n) is 3.37. The van der Waals surface area contributed by atoms with Crippen LogP contribution in [0.1, 0.15) is 22.9 Å². The van der Waals surface area contributed by atoms with Crippen molar-refractivity contribution in [2.24, 2.45) is 0 Å². The largest absolute Gasteiger partial charge is 0.507 e. The Labute approximate surface area is 176 Å². The summed E-state index contributed by atoms with van der Waals surface area (Å²) >= 11 is 11.9. The van der Waals surface area contributed by atoms with Crippen molar-refractivity contribution in [1.82, 2.24) is 4.90 Å².